The Hall–Kier alpha value is -4.64. The molecule has 1 fully saturated rings. The number of carbonyl (C=O) groups is 1. The topological polar surface area (TPSA) is 119 Å². The number of amides is 2. The van der Waals surface area contributed by atoms with Crippen molar-refractivity contribution in [1.29, 1.82) is 0 Å². The summed E-state index contributed by atoms with van der Waals surface area (Å²) in [5.74, 6) is 1.01. The van der Waals surface area contributed by atoms with Gasteiger partial charge in [-0.25, -0.2) is 13.9 Å². The Bertz CT molecular complexity index is 1490. The number of hydrogen-bond donors (Lipinski definition) is 3. The van der Waals surface area contributed by atoms with Gasteiger partial charge >= 0.3 is 6.03 Å². The number of hydrogen-bond acceptors (Lipinski definition) is 7. The van der Waals surface area contributed by atoms with Gasteiger partial charge in [0.05, 0.1) is 24.6 Å². The van der Waals surface area contributed by atoms with Crippen LogP contribution in [-0.4, -0.2) is 52.9 Å². The zero-order valence-electron chi connectivity index (χ0n) is 25.2. The maximum absolute atomic E-state index is 14.3. The third kappa shape index (κ3) is 8.23. The maximum atomic E-state index is 14.3. The molecule has 2 aromatic carbocycles. The van der Waals surface area contributed by atoms with Gasteiger partial charge in [0.1, 0.15) is 23.2 Å². The van der Waals surface area contributed by atoms with Gasteiger partial charge in [0.2, 0.25) is 5.90 Å². The summed E-state index contributed by atoms with van der Waals surface area (Å²) >= 11 is 0. The van der Waals surface area contributed by atoms with Gasteiger partial charge in [-0.3, -0.25) is 5.32 Å². The first-order valence-corrected chi connectivity index (χ1v) is 14.3. The van der Waals surface area contributed by atoms with Crippen LogP contribution in [0.15, 0.2) is 78.2 Å². The van der Waals surface area contributed by atoms with Crippen LogP contribution >= 0.6 is 0 Å². The number of benzene rings is 2. The Morgan fingerprint density at radius 3 is 2.60 bits per heavy atom. The van der Waals surface area contributed by atoms with E-state index in [0.29, 0.717) is 49.3 Å². The number of nitrogens with two attached hydrogens (primary N) is 1. The minimum atomic E-state index is -0.485. The Kier molecular flexibility index (Phi) is 10.2. The molecule has 10 nitrogen and oxygen atoms in total. The SMILES string of the molecule is C=C(N=C(/C=C\N)Oc1ccc(F)cc1CNC(=O)Nc1cc(C(C)(C)CC)nn1-c1ccc(C)cc1)N1CCOCC1. The molecule has 0 saturated carbocycles. The Labute approximate surface area is 252 Å². The number of morpholine rings is 1. The second-order valence-corrected chi connectivity index (χ2v) is 10.9. The van der Waals surface area contributed by atoms with Gasteiger partial charge in [-0.1, -0.05) is 45.0 Å². The summed E-state index contributed by atoms with van der Waals surface area (Å²) < 4.78 is 27.4. The number of aliphatic imine (C=N–C) groups is 1. The molecule has 0 atom stereocenters. The third-order valence-electron chi connectivity index (χ3n) is 7.34. The summed E-state index contributed by atoms with van der Waals surface area (Å²) in [6.45, 7) is 14.8. The second-order valence-electron chi connectivity index (χ2n) is 10.9. The van der Waals surface area contributed by atoms with Crippen molar-refractivity contribution in [1.82, 2.24) is 20.0 Å². The predicted octanol–water partition coefficient (Wildman–Crippen LogP) is 5.38. The van der Waals surface area contributed by atoms with E-state index in [1.807, 2.05) is 42.2 Å². The molecule has 228 valence electrons. The molecule has 0 aliphatic carbocycles. The normalized spacial score (nSPS) is 14.2. The number of halogens is 1. The summed E-state index contributed by atoms with van der Waals surface area (Å²) in [5.41, 5.74) is 8.63. The maximum Gasteiger partial charge on any atom is 0.320 e. The summed E-state index contributed by atoms with van der Waals surface area (Å²) in [5, 5.41) is 10.5. The largest absolute Gasteiger partial charge is 0.439 e. The fourth-order valence-corrected chi connectivity index (χ4v) is 4.29. The lowest BCUT2D eigenvalue weighted by Gasteiger charge is -2.28. The van der Waals surface area contributed by atoms with Gasteiger partial charge in [0.15, 0.2) is 0 Å². The number of aromatic nitrogens is 2. The Morgan fingerprint density at radius 2 is 1.93 bits per heavy atom. The fraction of sp³-hybridized carbons (Fsp3) is 0.344. The van der Waals surface area contributed by atoms with Gasteiger partial charge in [-0.15, -0.1) is 0 Å². The van der Waals surface area contributed by atoms with Crippen molar-refractivity contribution < 1.29 is 18.7 Å². The van der Waals surface area contributed by atoms with Gasteiger partial charge in [0.25, 0.3) is 0 Å². The molecule has 1 aromatic heterocycles. The molecule has 43 heavy (non-hydrogen) atoms. The van der Waals surface area contributed by atoms with E-state index in [4.69, 9.17) is 20.3 Å². The lowest BCUT2D eigenvalue weighted by atomic mass is 9.87. The van der Waals surface area contributed by atoms with Crippen molar-refractivity contribution in [3.8, 4) is 11.4 Å². The molecule has 2 heterocycles. The number of aryl methyl sites for hydroxylation is 1. The van der Waals surface area contributed by atoms with E-state index in [1.165, 1.54) is 30.5 Å². The van der Waals surface area contributed by atoms with E-state index in [-0.39, 0.29) is 17.9 Å². The number of urea groups is 1. The molecule has 1 saturated heterocycles. The fourth-order valence-electron chi connectivity index (χ4n) is 4.29. The van der Waals surface area contributed by atoms with Crippen molar-refractivity contribution >= 4 is 17.7 Å². The summed E-state index contributed by atoms with van der Waals surface area (Å²) in [6.07, 6.45) is 3.66. The zero-order chi connectivity index (χ0) is 31.0. The minimum absolute atomic E-state index is 0.0189. The highest BCUT2D eigenvalue weighted by atomic mass is 19.1. The molecule has 2 amide bonds. The van der Waals surface area contributed by atoms with E-state index in [0.717, 1.165) is 23.4 Å². The van der Waals surface area contributed by atoms with Gasteiger partial charge in [-0.2, -0.15) is 10.1 Å². The summed E-state index contributed by atoms with van der Waals surface area (Å²) in [6, 6.07) is 13.3. The van der Waals surface area contributed by atoms with Gasteiger partial charge in [-0.05, 0) is 49.9 Å². The van der Waals surface area contributed by atoms with Crippen molar-refractivity contribution in [2.45, 2.75) is 46.1 Å². The van der Waals surface area contributed by atoms with Crippen LogP contribution < -0.4 is 21.1 Å². The highest BCUT2D eigenvalue weighted by molar-refractivity contribution is 5.90. The van der Waals surface area contributed by atoms with E-state index < -0.39 is 11.8 Å². The molecule has 1 aliphatic rings. The summed E-state index contributed by atoms with van der Waals surface area (Å²) in [4.78, 5) is 19.6. The number of ether oxygens (including phenoxy) is 2. The monoisotopic (exact) mass is 589 g/mol. The van der Waals surface area contributed by atoms with Crippen molar-refractivity contribution in [3.05, 3.63) is 95.8 Å². The molecule has 1 aliphatic heterocycles. The molecule has 4 rings (SSSR count). The van der Waals surface area contributed by atoms with Crippen molar-refractivity contribution in [2.24, 2.45) is 10.7 Å². The molecule has 11 heteroatoms. The highest BCUT2D eigenvalue weighted by Crippen LogP contribution is 2.29. The molecule has 0 bridgehead atoms. The average Bonchev–Trinajstić information content (AvgIpc) is 3.42. The van der Waals surface area contributed by atoms with Crippen LogP contribution in [-0.2, 0) is 16.7 Å². The lowest BCUT2D eigenvalue weighted by molar-refractivity contribution is 0.0533. The zero-order valence-corrected chi connectivity index (χ0v) is 25.2. The average molecular weight is 590 g/mol. The number of carbonyl (C=O) groups excluding carboxylic acids is 1. The molecule has 0 spiro atoms. The molecule has 4 N–H and O–H groups in total. The first-order chi connectivity index (χ1) is 20.6. The van der Waals surface area contributed by atoms with Crippen LogP contribution in [0.4, 0.5) is 15.0 Å². The van der Waals surface area contributed by atoms with Crippen LogP contribution in [0.5, 0.6) is 5.75 Å². The highest BCUT2D eigenvalue weighted by Gasteiger charge is 2.24. The molecule has 0 radical (unpaired) electrons. The number of nitrogens with zero attached hydrogens (tertiary/aromatic N) is 4. The number of rotatable bonds is 10. The molecular weight excluding hydrogens is 549 g/mol. The Balaban J connectivity index is 1.51. The molecule has 0 unspecified atom stereocenters. The van der Waals surface area contributed by atoms with Crippen molar-refractivity contribution in [3.63, 3.8) is 0 Å². The van der Waals surface area contributed by atoms with Gasteiger partial charge < -0.3 is 25.4 Å². The lowest BCUT2D eigenvalue weighted by Crippen LogP contribution is -2.35. The minimum Gasteiger partial charge on any atom is -0.439 e. The first-order valence-electron chi connectivity index (χ1n) is 14.3. The summed E-state index contributed by atoms with van der Waals surface area (Å²) in [7, 11) is 0. The number of anilines is 1. The third-order valence-corrected chi connectivity index (χ3v) is 7.34. The predicted molar refractivity (Wildman–Crippen MR) is 167 cm³/mol. The van der Waals surface area contributed by atoms with E-state index >= 15 is 0 Å². The smallest absolute Gasteiger partial charge is 0.320 e. The van der Waals surface area contributed by atoms with Crippen LogP contribution in [0.2, 0.25) is 0 Å². The quantitative estimate of drug-likeness (QED) is 0.216. The second kappa shape index (κ2) is 14.0. The van der Waals surface area contributed by atoms with E-state index in [1.54, 1.807) is 4.68 Å². The molecular formula is C32H40FN7O3. The van der Waals surface area contributed by atoms with E-state index in [9.17, 15) is 9.18 Å². The first kappa shape index (κ1) is 31.3. The van der Waals surface area contributed by atoms with Crippen molar-refractivity contribution in [2.75, 3.05) is 31.6 Å². The van der Waals surface area contributed by atoms with Crippen LogP contribution in [0.1, 0.15) is 44.0 Å². The van der Waals surface area contributed by atoms with Crippen LogP contribution in [0.3, 0.4) is 0 Å². The Morgan fingerprint density at radius 1 is 1.21 bits per heavy atom. The van der Waals surface area contributed by atoms with Crippen LogP contribution in [0, 0.1) is 12.7 Å². The molecule has 3 aromatic rings. The standard InChI is InChI=1S/C32H40FN7O3/c1-6-32(4,5)28-20-29(40(38-28)26-10-7-22(2)8-11-26)37-31(41)35-21-24-19-25(33)9-12-27(24)43-30(13-14-34)36-23(3)39-15-17-42-18-16-39/h7-14,19-20H,3,6,15-18,21,34H2,1-2,4-5H3,(H2,35,37,41)/b14-13-,36-30?. The number of nitrogens with one attached hydrogen (secondary N) is 2. The van der Waals surface area contributed by atoms with Gasteiger partial charge in [0, 0.05) is 42.8 Å². The van der Waals surface area contributed by atoms with Crippen LogP contribution in [0.25, 0.3) is 5.69 Å². The van der Waals surface area contributed by atoms with E-state index in [2.05, 4.69) is 43.0 Å².